The zero-order valence-electron chi connectivity index (χ0n) is 9.43. The van der Waals surface area contributed by atoms with E-state index in [1.807, 2.05) is 6.07 Å². The van der Waals surface area contributed by atoms with Crippen LogP contribution in [-0.4, -0.2) is 13.1 Å². The number of aryl methyl sites for hydroxylation is 1. The highest BCUT2D eigenvalue weighted by Gasteiger charge is 1.94. The second kappa shape index (κ2) is 7.41. The standard InChI is InChI=1S/C7H7F.C6H13N/c1-6-4-2-3-5-7(6)8;1-2-4-6-7-5-3-1/h2-5H,1H3;7H,1-6H2. The molecule has 2 rings (SSSR count). The van der Waals surface area contributed by atoms with Crippen LogP contribution in [0.5, 0.6) is 0 Å². The zero-order chi connectivity index (χ0) is 10.9. The molecule has 1 saturated heterocycles. The molecule has 0 aliphatic carbocycles. The molecule has 15 heavy (non-hydrogen) atoms. The zero-order valence-corrected chi connectivity index (χ0v) is 9.43. The van der Waals surface area contributed by atoms with Crippen LogP contribution in [0.4, 0.5) is 4.39 Å². The van der Waals surface area contributed by atoms with E-state index in [0.29, 0.717) is 5.56 Å². The van der Waals surface area contributed by atoms with Crippen LogP contribution in [0.25, 0.3) is 0 Å². The Bertz CT molecular complexity index is 232. The molecule has 84 valence electrons. The first kappa shape index (κ1) is 12.2. The molecule has 1 aromatic carbocycles. The van der Waals surface area contributed by atoms with Gasteiger partial charge in [0.25, 0.3) is 0 Å². The molecule has 1 heterocycles. The van der Waals surface area contributed by atoms with Gasteiger partial charge in [-0.05, 0) is 44.5 Å². The van der Waals surface area contributed by atoms with Crippen molar-refractivity contribution in [2.24, 2.45) is 0 Å². The van der Waals surface area contributed by atoms with Gasteiger partial charge < -0.3 is 5.32 Å². The first-order valence-electron chi connectivity index (χ1n) is 5.72. The van der Waals surface area contributed by atoms with Crippen molar-refractivity contribution in [1.29, 1.82) is 0 Å². The summed E-state index contributed by atoms with van der Waals surface area (Å²) in [6.07, 6.45) is 5.65. The first-order chi connectivity index (χ1) is 7.30. The summed E-state index contributed by atoms with van der Waals surface area (Å²) in [6, 6.07) is 6.70. The number of benzene rings is 1. The lowest BCUT2D eigenvalue weighted by Crippen LogP contribution is -2.12. The van der Waals surface area contributed by atoms with Gasteiger partial charge in [-0.2, -0.15) is 0 Å². The fraction of sp³-hybridized carbons (Fsp3) is 0.538. The maximum absolute atomic E-state index is 12.3. The molecular weight excluding hydrogens is 189 g/mol. The number of halogens is 1. The van der Waals surface area contributed by atoms with E-state index in [4.69, 9.17) is 0 Å². The molecule has 0 bridgehead atoms. The van der Waals surface area contributed by atoms with E-state index < -0.39 is 0 Å². The maximum Gasteiger partial charge on any atom is 0.126 e. The largest absolute Gasteiger partial charge is 0.317 e. The van der Waals surface area contributed by atoms with Crippen molar-refractivity contribution in [1.82, 2.24) is 5.32 Å². The minimum absolute atomic E-state index is 0.132. The van der Waals surface area contributed by atoms with Crippen LogP contribution in [0.3, 0.4) is 0 Å². The average Bonchev–Trinajstić information content (AvgIpc) is 2.55. The van der Waals surface area contributed by atoms with Gasteiger partial charge in [-0.15, -0.1) is 0 Å². The highest BCUT2D eigenvalue weighted by Crippen LogP contribution is 2.02. The lowest BCUT2D eigenvalue weighted by Gasteiger charge is -1.91. The summed E-state index contributed by atoms with van der Waals surface area (Å²) in [4.78, 5) is 0. The van der Waals surface area contributed by atoms with Crippen LogP contribution in [0.1, 0.15) is 31.2 Å². The summed E-state index contributed by atoms with van der Waals surface area (Å²) >= 11 is 0. The van der Waals surface area contributed by atoms with Gasteiger partial charge in [-0.1, -0.05) is 31.0 Å². The van der Waals surface area contributed by atoms with Crippen LogP contribution in [-0.2, 0) is 0 Å². The third kappa shape index (κ3) is 5.53. The van der Waals surface area contributed by atoms with E-state index in [1.54, 1.807) is 19.1 Å². The molecule has 0 amide bonds. The van der Waals surface area contributed by atoms with E-state index >= 15 is 0 Å². The molecule has 0 aromatic heterocycles. The van der Waals surface area contributed by atoms with Crippen LogP contribution < -0.4 is 5.32 Å². The van der Waals surface area contributed by atoms with Crippen molar-refractivity contribution in [2.45, 2.75) is 32.6 Å². The second-order valence-corrected chi connectivity index (χ2v) is 3.91. The summed E-state index contributed by atoms with van der Waals surface area (Å²) in [5.74, 6) is -0.132. The number of hydrogen-bond acceptors (Lipinski definition) is 1. The van der Waals surface area contributed by atoms with Crippen molar-refractivity contribution in [2.75, 3.05) is 13.1 Å². The second-order valence-electron chi connectivity index (χ2n) is 3.91. The molecule has 0 radical (unpaired) electrons. The molecule has 1 N–H and O–H groups in total. The van der Waals surface area contributed by atoms with E-state index in [0.717, 1.165) is 0 Å². The molecule has 1 aromatic rings. The Morgan fingerprint density at radius 1 is 1.00 bits per heavy atom. The van der Waals surface area contributed by atoms with Crippen LogP contribution in [0.15, 0.2) is 24.3 Å². The van der Waals surface area contributed by atoms with E-state index in [-0.39, 0.29) is 5.82 Å². The first-order valence-corrected chi connectivity index (χ1v) is 5.72. The minimum Gasteiger partial charge on any atom is -0.317 e. The number of rotatable bonds is 0. The average molecular weight is 209 g/mol. The Morgan fingerprint density at radius 3 is 2.07 bits per heavy atom. The summed E-state index contributed by atoms with van der Waals surface area (Å²) in [5, 5.41) is 3.35. The Hall–Kier alpha value is -0.890. The highest BCUT2D eigenvalue weighted by molar-refractivity contribution is 5.14. The fourth-order valence-corrected chi connectivity index (χ4v) is 1.53. The molecule has 0 unspecified atom stereocenters. The Kier molecular flexibility index (Phi) is 6.02. The number of hydrogen-bond donors (Lipinski definition) is 1. The van der Waals surface area contributed by atoms with Gasteiger partial charge in [-0.25, -0.2) is 4.39 Å². The van der Waals surface area contributed by atoms with E-state index in [1.165, 1.54) is 44.8 Å². The Morgan fingerprint density at radius 2 is 1.60 bits per heavy atom. The lowest BCUT2D eigenvalue weighted by atomic mass is 10.2. The molecule has 0 saturated carbocycles. The van der Waals surface area contributed by atoms with Gasteiger partial charge in [0.1, 0.15) is 5.82 Å². The van der Waals surface area contributed by atoms with E-state index in [9.17, 15) is 4.39 Å². The quantitative estimate of drug-likeness (QED) is 0.691. The fourth-order valence-electron chi connectivity index (χ4n) is 1.53. The van der Waals surface area contributed by atoms with Crippen molar-refractivity contribution in [3.05, 3.63) is 35.6 Å². The van der Waals surface area contributed by atoms with Crippen molar-refractivity contribution in [3.63, 3.8) is 0 Å². The SMILES string of the molecule is C1CCCNCC1.Cc1ccccc1F. The third-order valence-corrected chi connectivity index (χ3v) is 2.53. The van der Waals surface area contributed by atoms with Crippen LogP contribution in [0, 0.1) is 12.7 Å². The van der Waals surface area contributed by atoms with Gasteiger partial charge >= 0.3 is 0 Å². The normalized spacial score (nSPS) is 16.1. The molecule has 0 spiro atoms. The Balaban J connectivity index is 0.000000151. The van der Waals surface area contributed by atoms with Gasteiger partial charge in [0, 0.05) is 0 Å². The highest BCUT2D eigenvalue weighted by atomic mass is 19.1. The number of nitrogens with one attached hydrogen (secondary N) is 1. The van der Waals surface area contributed by atoms with Crippen LogP contribution in [0.2, 0.25) is 0 Å². The summed E-state index contributed by atoms with van der Waals surface area (Å²) in [5.41, 5.74) is 0.701. The van der Waals surface area contributed by atoms with Gasteiger partial charge in [0.2, 0.25) is 0 Å². The summed E-state index contributed by atoms with van der Waals surface area (Å²) < 4.78 is 12.3. The summed E-state index contributed by atoms with van der Waals surface area (Å²) in [6.45, 7) is 4.25. The molecular formula is C13H20FN. The predicted molar refractivity (Wildman–Crippen MR) is 62.5 cm³/mol. The molecule has 1 nitrogen and oxygen atoms in total. The molecule has 0 atom stereocenters. The molecule has 1 fully saturated rings. The van der Waals surface area contributed by atoms with Crippen molar-refractivity contribution < 1.29 is 4.39 Å². The van der Waals surface area contributed by atoms with Crippen LogP contribution >= 0.6 is 0 Å². The Labute approximate surface area is 91.7 Å². The lowest BCUT2D eigenvalue weighted by molar-refractivity contribution is 0.618. The monoisotopic (exact) mass is 209 g/mol. The van der Waals surface area contributed by atoms with E-state index in [2.05, 4.69) is 5.32 Å². The van der Waals surface area contributed by atoms with Crippen molar-refractivity contribution >= 4 is 0 Å². The third-order valence-electron chi connectivity index (χ3n) is 2.53. The predicted octanol–water partition coefficient (Wildman–Crippen LogP) is 3.28. The van der Waals surface area contributed by atoms with Gasteiger partial charge in [-0.3, -0.25) is 0 Å². The van der Waals surface area contributed by atoms with Gasteiger partial charge in [0.15, 0.2) is 0 Å². The molecule has 2 heteroatoms. The molecule has 1 aliphatic heterocycles. The van der Waals surface area contributed by atoms with Crippen molar-refractivity contribution in [3.8, 4) is 0 Å². The minimum atomic E-state index is -0.132. The van der Waals surface area contributed by atoms with Gasteiger partial charge in [0.05, 0.1) is 0 Å². The molecule has 1 aliphatic rings. The topological polar surface area (TPSA) is 12.0 Å². The summed E-state index contributed by atoms with van der Waals surface area (Å²) in [7, 11) is 0. The maximum atomic E-state index is 12.3. The smallest absolute Gasteiger partial charge is 0.126 e.